The lowest BCUT2D eigenvalue weighted by atomic mass is 9.72. The van der Waals surface area contributed by atoms with E-state index in [-0.39, 0.29) is 0 Å². The van der Waals surface area contributed by atoms with Crippen molar-refractivity contribution in [1.29, 1.82) is 0 Å². The van der Waals surface area contributed by atoms with Crippen LogP contribution in [0.4, 0.5) is 0 Å². The molecule has 0 aliphatic heterocycles. The first-order valence-electron chi connectivity index (χ1n) is 7.09. The summed E-state index contributed by atoms with van der Waals surface area (Å²) in [5.41, 5.74) is -0.00472. The standard InChI is InChI=1S/C16H22Cl2O/c1-11(2)9-12-5-4-8-16(19,10-12)13-6-3-7-14(17)15(13)18/h3,6-7,11-12,19H,4-5,8-10H2,1-2H3. The van der Waals surface area contributed by atoms with Crippen LogP contribution in [-0.4, -0.2) is 5.11 Å². The lowest BCUT2D eigenvalue weighted by molar-refractivity contribution is -0.0243. The first-order chi connectivity index (χ1) is 8.92. The van der Waals surface area contributed by atoms with Gasteiger partial charge in [0.25, 0.3) is 0 Å². The second-order valence-electron chi connectivity index (χ2n) is 6.22. The van der Waals surface area contributed by atoms with Crippen molar-refractivity contribution in [3.8, 4) is 0 Å². The van der Waals surface area contributed by atoms with Gasteiger partial charge in [0.2, 0.25) is 0 Å². The Bertz CT molecular complexity index is 444. The molecule has 2 unspecified atom stereocenters. The summed E-state index contributed by atoms with van der Waals surface area (Å²) in [6.07, 6.45) is 5.00. The molecule has 0 saturated heterocycles. The minimum atomic E-state index is -0.806. The first-order valence-corrected chi connectivity index (χ1v) is 7.85. The van der Waals surface area contributed by atoms with E-state index in [1.165, 1.54) is 12.8 Å². The fourth-order valence-electron chi connectivity index (χ4n) is 3.34. The molecule has 1 N–H and O–H groups in total. The Kier molecular flexibility index (Phi) is 4.81. The molecule has 1 aromatic rings. The van der Waals surface area contributed by atoms with Gasteiger partial charge in [0.05, 0.1) is 15.6 Å². The molecular formula is C16H22Cl2O. The number of benzene rings is 1. The third-order valence-corrected chi connectivity index (χ3v) is 4.91. The third kappa shape index (κ3) is 3.45. The molecule has 0 heterocycles. The fraction of sp³-hybridized carbons (Fsp3) is 0.625. The Labute approximate surface area is 125 Å². The van der Waals surface area contributed by atoms with Crippen molar-refractivity contribution in [2.45, 2.75) is 51.6 Å². The number of rotatable bonds is 3. The van der Waals surface area contributed by atoms with Gasteiger partial charge in [-0.15, -0.1) is 0 Å². The molecule has 0 spiro atoms. The molecule has 0 aromatic heterocycles. The van der Waals surface area contributed by atoms with Crippen LogP contribution in [0.5, 0.6) is 0 Å². The second-order valence-corrected chi connectivity index (χ2v) is 7.01. The van der Waals surface area contributed by atoms with Crippen LogP contribution >= 0.6 is 23.2 Å². The molecule has 1 aliphatic rings. The fourth-order valence-corrected chi connectivity index (χ4v) is 3.82. The summed E-state index contributed by atoms with van der Waals surface area (Å²) in [5.74, 6) is 1.25. The molecule has 2 atom stereocenters. The van der Waals surface area contributed by atoms with Gasteiger partial charge in [-0.3, -0.25) is 0 Å². The summed E-state index contributed by atoms with van der Waals surface area (Å²) < 4.78 is 0. The highest BCUT2D eigenvalue weighted by Crippen LogP contribution is 2.45. The number of halogens is 2. The van der Waals surface area contributed by atoms with Crippen molar-refractivity contribution in [3.63, 3.8) is 0 Å². The van der Waals surface area contributed by atoms with Gasteiger partial charge < -0.3 is 5.11 Å². The largest absolute Gasteiger partial charge is 0.385 e. The van der Waals surface area contributed by atoms with Crippen LogP contribution < -0.4 is 0 Å². The summed E-state index contributed by atoms with van der Waals surface area (Å²) in [4.78, 5) is 0. The predicted octanol–water partition coefficient (Wildman–Crippen LogP) is 5.42. The van der Waals surface area contributed by atoms with Crippen LogP contribution in [0, 0.1) is 11.8 Å². The van der Waals surface area contributed by atoms with E-state index < -0.39 is 5.60 Å². The molecule has 1 aliphatic carbocycles. The Hall–Kier alpha value is -0.240. The summed E-state index contributed by atoms with van der Waals surface area (Å²) >= 11 is 12.4. The molecule has 106 valence electrons. The molecule has 3 heteroatoms. The van der Waals surface area contributed by atoms with Crippen molar-refractivity contribution < 1.29 is 5.11 Å². The van der Waals surface area contributed by atoms with Crippen molar-refractivity contribution in [3.05, 3.63) is 33.8 Å². The molecule has 1 aromatic carbocycles. The smallest absolute Gasteiger partial charge is 0.0914 e. The minimum Gasteiger partial charge on any atom is -0.385 e. The third-order valence-electron chi connectivity index (χ3n) is 4.09. The normalized spacial score (nSPS) is 27.8. The van der Waals surface area contributed by atoms with E-state index >= 15 is 0 Å². The van der Waals surface area contributed by atoms with Crippen LogP contribution in [0.2, 0.25) is 10.0 Å². The lowest BCUT2D eigenvalue weighted by Gasteiger charge is -2.38. The topological polar surface area (TPSA) is 20.2 Å². The Morgan fingerprint density at radius 1 is 1.37 bits per heavy atom. The van der Waals surface area contributed by atoms with Crippen molar-refractivity contribution in [2.75, 3.05) is 0 Å². The number of aliphatic hydroxyl groups is 1. The second kappa shape index (κ2) is 6.03. The van der Waals surface area contributed by atoms with E-state index in [1.54, 1.807) is 6.07 Å². The molecule has 0 amide bonds. The summed E-state index contributed by atoms with van der Waals surface area (Å²) in [7, 11) is 0. The molecular weight excluding hydrogens is 279 g/mol. The Morgan fingerprint density at radius 2 is 2.11 bits per heavy atom. The predicted molar refractivity (Wildman–Crippen MR) is 81.8 cm³/mol. The minimum absolute atomic E-state index is 0.511. The van der Waals surface area contributed by atoms with Gasteiger partial charge >= 0.3 is 0 Å². The Balaban J connectivity index is 2.24. The van der Waals surface area contributed by atoms with Crippen molar-refractivity contribution >= 4 is 23.2 Å². The van der Waals surface area contributed by atoms with Gasteiger partial charge in [-0.05, 0) is 43.6 Å². The van der Waals surface area contributed by atoms with Gasteiger partial charge in [0.15, 0.2) is 0 Å². The molecule has 0 bridgehead atoms. The van der Waals surface area contributed by atoms with Crippen LogP contribution in [0.3, 0.4) is 0 Å². The summed E-state index contributed by atoms with van der Waals surface area (Å²) in [6.45, 7) is 4.47. The average molecular weight is 301 g/mol. The van der Waals surface area contributed by atoms with Gasteiger partial charge in [-0.25, -0.2) is 0 Å². The van der Waals surface area contributed by atoms with Gasteiger partial charge in [0, 0.05) is 5.56 Å². The monoisotopic (exact) mass is 300 g/mol. The summed E-state index contributed by atoms with van der Waals surface area (Å²) in [5, 5.41) is 12.0. The van der Waals surface area contributed by atoms with E-state index in [2.05, 4.69) is 13.8 Å². The van der Waals surface area contributed by atoms with E-state index in [0.717, 1.165) is 24.8 Å². The first kappa shape index (κ1) is 15.2. The number of hydrogen-bond acceptors (Lipinski definition) is 1. The van der Waals surface area contributed by atoms with Crippen molar-refractivity contribution in [2.24, 2.45) is 11.8 Å². The molecule has 1 saturated carbocycles. The maximum Gasteiger partial charge on any atom is 0.0914 e. The molecule has 2 rings (SSSR count). The average Bonchev–Trinajstić information content (AvgIpc) is 2.31. The maximum atomic E-state index is 11.0. The van der Waals surface area contributed by atoms with E-state index in [9.17, 15) is 5.11 Å². The SMILES string of the molecule is CC(C)CC1CCCC(O)(c2cccc(Cl)c2Cl)C1. The highest BCUT2D eigenvalue weighted by atomic mass is 35.5. The van der Waals surface area contributed by atoms with Crippen LogP contribution in [0.15, 0.2) is 18.2 Å². The highest BCUT2D eigenvalue weighted by Gasteiger charge is 2.37. The van der Waals surface area contributed by atoms with E-state index in [0.29, 0.717) is 21.9 Å². The summed E-state index contributed by atoms with van der Waals surface area (Å²) in [6, 6.07) is 5.55. The zero-order valence-electron chi connectivity index (χ0n) is 11.6. The molecule has 1 fully saturated rings. The maximum absolute atomic E-state index is 11.0. The quantitative estimate of drug-likeness (QED) is 0.790. The van der Waals surface area contributed by atoms with Gasteiger partial charge in [0.1, 0.15) is 0 Å². The van der Waals surface area contributed by atoms with Crippen LogP contribution in [0.25, 0.3) is 0 Å². The zero-order chi connectivity index (χ0) is 14.0. The molecule has 0 radical (unpaired) electrons. The number of hydrogen-bond donors (Lipinski definition) is 1. The van der Waals surface area contributed by atoms with Crippen LogP contribution in [0.1, 0.15) is 51.5 Å². The molecule has 1 nitrogen and oxygen atoms in total. The zero-order valence-corrected chi connectivity index (χ0v) is 13.1. The molecule has 19 heavy (non-hydrogen) atoms. The Morgan fingerprint density at radius 3 is 2.79 bits per heavy atom. The lowest BCUT2D eigenvalue weighted by Crippen LogP contribution is -2.33. The van der Waals surface area contributed by atoms with Gasteiger partial charge in [-0.1, -0.05) is 55.6 Å². The highest BCUT2D eigenvalue weighted by molar-refractivity contribution is 6.42. The van der Waals surface area contributed by atoms with Gasteiger partial charge in [-0.2, -0.15) is 0 Å². The van der Waals surface area contributed by atoms with E-state index in [1.807, 2.05) is 12.1 Å². The van der Waals surface area contributed by atoms with Crippen molar-refractivity contribution in [1.82, 2.24) is 0 Å². The van der Waals surface area contributed by atoms with E-state index in [4.69, 9.17) is 23.2 Å². The van der Waals surface area contributed by atoms with Crippen LogP contribution in [-0.2, 0) is 5.60 Å².